The number of hydrogen-bond donors (Lipinski definition) is 2. The zero-order valence-electron chi connectivity index (χ0n) is 15.7. The zero-order chi connectivity index (χ0) is 17.1. The van der Waals surface area contributed by atoms with Gasteiger partial charge in [-0.25, -0.2) is 4.99 Å². The van der Waals surface area contributed by atoms with Gasteiger partial charge >= 0.3 is 0 Å². The van der Waals surface area contributed by atoms with E-state index in [4.69, 9.17) is 4.74 Å². The van der Waals surface area contributed by atoms with Gasteiger partial charge in [-0.15, -0.1) is 24.0 Å². The third-order valence-electron chi connectivity index (χ3n) is 5.73. The van der Waals surface area contributed by atoms with Crippen LogP contribution in [-0.4, -0.2) is 61.7 Å². The highest BCUT2D eigenvalue weighted by Gasteiger charge is 2.41. The minimum atomic E-state index is 0. The lowest BCUT2D eigenvalue weighted by Gasteiger charge is -2.32. The standard InChI is InChI=1S/C18H32N4O2.HI/c1-12-6-4-5-7-14(12)20-18(19-11-17(23)22(2)3)21-15-10-13-8-9-16(15)24-13;/h12-16H,4-11H2,1-3H3,(H2,19,20,21);1H. The number of rotatable bonds is 4. The Bertz CT molecular complexity index is 480. The monoisotopic (exact) mass is 464 g/mol. The number of likely N-dealkylation sites (N-methyl/N-ethyl adjacent to an activating group) is 1. The summed E-state index contributed by atoms with van der Waals surface area (Å²) in [5.74, 6) is 1.45. The maximum Gasteiger partial charge on any atom is 0.243 e. The van der Waals surface area contributed by atoms with E-state index in [1.807, 2.05) is 0 Å². The second kappa shape index (κ2) is 9.39. The van der Waals surface area contributed by atoms with Gasteiger partial charge < -0.3 is 20.3 Å². The molecule has 1 amide bonds. The molecule has 2 N–H and O–H groups in total. The third kappa shape index (κ3) is 5.45. The second-order valence-electron chi connectivity index (χ2n) is 7.83. The molecule has 3 fully saturated rings. The fraction of sp³-hybridized carbons (Fsp3) is 0.889. The van der Waals surface area contributed by atoms with Crippen molar-refractivity contribution in [3.63, 3.8) is 0 Å². The van der Waals surface area contributed by atoms with Crippen LogP contribution >= 0.6 is 24.0 Å². The maximum absolute atomic E-state index is 11.9. The summed E-state index contributed by atoms with van der Waals surface area (Å²) in [6, 6.07) is 0.766. The summed E-state index contributed by atoms with van der Waals surface area (Å²) in [6.45, 7) is 2.49. The Labute approximate surface area is 168 Å². The molecule has 0 radical (unpaired) electrons. The number of carbonyl (C=O) groups excluding carboxylic acids is 1. The summed E-state index contributed by atoms with van der Waals surface area (Å²) >= 11 is 0. The minimum Gasteiger partial charge on any atom is -0.373 e. The van der Waals surface area contributed by atoms with E-state index < -0.39 is 0 Å². The number of amides is 1. The highest BCUT2D eigenvalue weighted by Crippen LogP contribution is 2.34. The topological polar surface area (TPSA) is 66.0 Å². The summed E-state index contributed by atoms with van der Waals surface area (Å²) in [7, 11) is 3.54. The van der Waals surface area contributed by atoms with E-state index in [0.29, 0.717) is 30.2 Å². The molecule has 5 atom stereocenters. The first-order valence-electron chi connectivity index (χ1n) is 9.46. The fourth-order valence-corrected chi connectivity index (χ4v) is 4.09. The van der Waals surface area contributed by atoms with Gasteiger partial charge in [0.25, 0.3) is 0 Å². The Hall–Kier alpha value is -0.570. The first kappa shape index (κ1) is 20.7. The van der Waals surface area contributed by atoms with Crippen LogP contribution in [0.1, 0.15) is 51.9 Å². The van der Waals surface area contributed by atoms with E-state index in [1.54, 1.807) is 19.0 Å². The quantitative estimate of drug-likeness (QED) is 0.380. The number of guanidine groups is 1. The van der Waals surface area contributed by atoms with Crippen LogP contribution in [0.4, 0.5) is 0 Å². The number of aliphatic imine (C=N–C) groups is 1. The molecule has 25 heavy (non-hydrogen) atoms. The first-order chi connectivity index (χ1) is 11.5. The van der Waals surface area contributed by atoms with E-state index in [9.17, 15) is 4.79 Å². The van der Waals surface area contributed by atoms with Crippen molar-refractivity contribution in [3.05, 3.63) is 0 Å². The number of hydrogen-bond acceptors (Lipinski definition) is 3. The average Bonchev–Trinajstić information content (AvgIpc) is 3.17. The average molecular weight is 464 g/mol. The number of fused-ring (bicyclic) bond motifs is 2. The van der Waals surface area contributed by atoms with Crippen molar-refractivity contribution in [3.8, 4) is 0 Å². The lowest BCUT2D eigenvalue weighted by molar-refractivity contribution is -0.127. The van der Waals surface area contributed by atoms with Crippen LogP contribution < -0.4 is 10.6 Å². The molecule has 0 aromatic rings. The smallest absolute Gasteiger partial charge is 0.243 e. The van der Waals surface area contributed by atoms with Gasteiger partial charge in [-0.2, -0.15) is 0 Å². The molecular formula is C18H33IN4O2. The molecule has 5 unspecified atom stereocenters. The molecular weight excluding hydrogens is 431 g/mol. The van der Waals surface area contributed by atoms with Crippen LogP contribution in [0.25, 0.3) is 0 Å². The van der Waals surface area contributed by atoms with E-state index in [-0.39, 0.29) is 36.4 Å². The predicted octanol–water partition coefficient (Wildman–Crippen LogP) is 2.13. The Morgan fingerprint density at radius 1 is 1.12 bits per heavy atom. The number of halogens is 1. The summed E-state index contributed by atoms with van der Waals surface area (Å²) in [6.07, 6.45) is 9.10. The van der Waals surface area contributed by atoms with Crippen molar-refractivity contribution in [1.82, 2.24) is 15.5 Å². The number of nitrogens with one attached hydrogen (secondary N) is 2. The number of ether oxygens (including phenoxy) is 1. The van der Waals surface area contributed by atoms with Crippen LogP contribution in [0.15, 0.2) is 4.99 Å². The van der Waals surface area contributed by atoms with Gasteiger partial charge in [0.05, 0.1) is 18.2 Å². The molecule has 7 heteroatoms. The fourth-order valence-electron chi connectivity index (χ4n) is 4.09. The Morgan fingerprint density at radius 2 is 1.84 bits per heavy atom. The molecule has 6 nitrogen and oxygen atoms in total. The first-order valence-corrected chi connectivity index (χ1v) is 9.46. The Morgan fingerprint density at radius 3 is 2.44 bits per heavy atom. The molecule has 1 aliphatic carbocycles. The van der Waals surface area contributed by atoms with E-state index in [2.05, 4.69) is 22.5 Å². The third-order valence-corrected chi connectivity index (χ3v) is 5.73. The van der Waals surface area contributed by atoms with Crippen molar-refractivity contribution < 1.29 is 9.53 Å². The number of nitrogens with zero attached hydrogens (tertiary/aromatic N) is 2. The molecule has 0 spiro atoms. The van der Waals surface area contributed by atoms with Gasteiger partial charge in [0.15, 0.2) is 5.96 Å². The summed E-state index contributed by atoms with van der Waals surface area (Å²) in [5.41, 5.74) is 0. The second-order valence-corrected chi connectivity index (χ2v) is 7.83. The normalized spacial score (nSPS) is 34.4. The highest BCUT2D eigenvalue weighted by molar-refractivity contribution is 14.0. The number of carbonyl (C=O) groups is 1. The van der Waals surface area contributed by atoms with Crippen LogP contribution in [0.2, 0.25) is 0 Å². The lowest BCUT2D eigenvalue weighted by Crippen LogP contribution is -2.52. The molecule has 3 rings (SSSR count). The molecule has 2 heterocycles. The predicted molar refractivity (Wildman–Crippen MR) is 110 cm³/mol. The van der Waals surface area contributed by atoms with Crippen LogP contribution in [0, 0.1) is 5.92 Å². The van der Waals surface area contributed by atoms with Gasteiger partial charge in [-0.05, 0) is 38.0 Å². The summed E-state index contributed by atoms with van der Waals surface area (Å²) in [4.78, 5) is 18.1. The minimum absolute atomic E-state index is 0. The van der Waals surface area contributed by atoms with Gasteiger partial charge in [0.1, 0.15) is 6.54 Å². The molecule has 3 aliphatic rings. The molecule has 2 aliphatic heterocycles. The molecule has 2 bridgehead atoms. The van der Waals surface area contributed by atoms with Crippen LogP contribution in [0.5, 0.6) is 0 Å². The van der Waals surface area contributed by atoms with Gasteiger partial charge in [-0.1, -0.05) is 19.8 Å². The SMILES string of the molecule is CC1CCCCC1NC(=NCC(=O)N(C)C)NC1CC2CCC1O2.I. The molecule has 0 aromatic carbocycles. The summed E-state index contributed by atoms with van der Waals surface area (Å²) in [5, 5.41) is 7.15. The van der Waals surface area contributed by atoms with E-state index in [0.717, 1.165) is 18.8 Å². The van der Waals surface area contributed by atoms with Gasteiger partial charge in [0, 0.05) is 20.1 Å². The lowest BCUT2D eigenvalue weighted by atomic mass is 9.86. The van der Waals surface area contributed by atoms with Crippen molar-refractivity contribution >= 4 is 35.8 Å². The Kier molecular flexibility index (Phi) is 7.79. The molecule has 1 saturated carbocycles. The van der Waals surface area contributed by atoms with Crippen molar-refractivity contribution in [2.75, 3.05) is 20.6 Å². The summed E-state index contributed by atoms with van der Waals surface area (Å²) < 4.78 is 5.94. The molecule has 0 aromatic heterocycles. The zero-order valence-corrected chi connectivity index (χ0v) is 18.0. The highest BCUT2D eigenvalue weighted by atomic mass is 127. The van der Waals surface area contributed by atoms with Crippen molar-refractivity contribution in [2.24, 2.45) is 10.9 Å². The van der Waals surface area contributed by atoms with Gasteiger partial charge in [-0.3, -0.25) is 4.79 Å². The maximum atomic E-state index is 11.9. The van der Waals surface area contributed by atoms with Crippen LogP contribution in [0.3, 0.4) is 0 Å². The van der Waals surface area contributed by atoms with Gasteiger partial charge in [0.2, 0.25) is 5.91 Å². The van der Waals surface area contributed by atoms with Crippen LogP contribution in [-0.2, 0) is 9.53 Å². The van der Waals surface area contributed by atoms with Crippen molar-refractivity contribution in [1.29, 1.82) is 0 Å². The van der Waals surface area contributed by atoms with E-state index in [1.165, 1.54) is 32.1 Å². The Balaban J connectivity index is 0.00000225. The largest absolute Gasteiger partial charge is 0.373 e. The molecule has 144 valence electrons. The molecule has 2 saturated heterocycles. The van der Waals surface area contributed by atoms with Crippen molar-refractivity contribution in [2.45, 2.75) is 76.2 Å². The van der Waals surface area contributed by atoms with E-state index >= 15 is 0 Å².